The van der Waals surface area contributed by atoms with Gasteiger partial charge in [-0.25, -0.2) is 8.93 Å². The van der Waals surface area contributed by atoms with Crippen LogP contribution in [0.3, 0.4) is 0 Å². The monoisotopic (exact) mass is 186 g/mol. The number of nitrogens with one attached hydrogen (secondary N) is 1. The third-order valence-corrected chi connectivity index (χ3v) is 2.94. The molecule has 0 aromatic heterocycles. The van der Waals surface area contributed by atoms with E-state index >= 15 is 0 Å². The molecule has 0 saturated heterocycles. The Balaban J connectivity index is 2.61. The van der Waals surface area contributed by atoms with Crippen molar-refractivity contribution in [1.82, 2.24) is 4.72 Å². The summed E-state index contributed by atoms with van der Waals surface area (Å²) in [7, 11) is -1.07. The zero-order chi connectivity index (χ0) is 9.03. The standard InChI is InChI=1S/C8H14N2OS/c1-12(11)10-8(7-9)5-3-2-4-6-8/h10H,2-6H2,1H3. The summed E-state index contributed by atoms with van der Waals surface area (Å²) in [4.78, 5) is 0. The van der Waals surface area contributed by atoms with Gasteiger partial charge in [-0.05, 0) is 12.8 Å². The molecule has 1 rings (SSSR count). The van der Waals surface area contributed by atoms with E-state index in [0.717, 1.165) is 25.7 Å². The van der Waals surface area contributed by atoms with Crippen LogP contribution >= 0.6 is 0 Å². The Morgan fingerprint density at radius 2 is 2.00 bits per heavy atom. The van der Waals surface area contributed by atoms with Gasteiger partial charge in [-0.1, -0.05) is 19.3 Å². The smallest absolute Gasteiger partial charge is 0.117 e. The maximum atomic E-state index is 10.9. The van der Waals surface area contributed by atoms with Crippen molar-refractivity contribution in [3.05, 3.63) is 0 Å². The van der Waals surface area contributed by atoms with Gasteiger partial charge in [-0.3, -0.25) is 0 Å². The lowest BCUT2D eigenvalue weighted by Crippen LogP contribution is -2.45. The minimum Gasteiger partial charge on any atom is -0.243 e. The molecule has 68 valence electrons. The van der Waals surface area contributed by atoms with Crippen LogP contribution in [0.5, 0.6) is 0 Å². The van der Waals surface area contributed by atoms with Gasteiger partial charge in [0, 0.05) is 6.26 Å². The molecule has 0 amide bonds. The first-order valence-corrected chi connectivity index (χ1v) is 5.77. The van der Waals surface area contributed by atoms with Crippen LogP contribution in [0.25, 0.3) is 0 Å². The SMILES string of the molecule is CS(=O)NC1(C#N)CCCCC1. The molecule has 1 atom stereocenters. The largest absolute Gasteiger partial charge is 0.243 e. The average Bonchev–Trinajstić information content (AvgIpc) is 2.05. The topological polar surface area (TPSA) is 52.9 Å². The van der Waals surface area contributed by atoms with E-state index in [0.29, 0.717) is 0 Å². The molecule has 0 bridgehead atoms. The molecule has 1 unspecified atom stereocenters. The maximum absolute atomic E-state index is 10.9. The number of rotatable bonds is 2. The van der Waals surface area contributed by atoms with Gasteiger partial charge in [0.05, 0.1) is 17.1 Å². The molecule has 1 fully saturated rings. The first-order chi connectivity index (χ1) is 5.68. The normalized spacial score (nSPS) is 24.3. The molecule has 1 aliphatic rings. The molecule has 0 radical (unpaired) electrons. The predicted molar refractivity (Wildman–Crippen MR) is 48.6 cm³/mol. The van der Waals surface area contributed by atoms with Crippen LogP contribution in [0.15, 0.2) is 0 Å². The van der Waals surface area contributed by atoms with Crippen molar-refractivity contribution in [2.75, 3.05) is 6.26 Å². The van der Waals surface area contributed by atoms with E-state index < -0.39 is 16.5 Å². The lowest BCUT2D eigenvalue weighted by molar-refractivity contribution is 0.343. The van der Waals surface area contributed by atoms with E-state index in [9.17, 15) is 4.21 Å². The van der Waals surface area contributed by atoms with Crippen LogP contribution in [0.4, 0.5) is 0 Å². The summed E-state index contributed by atoms with van der Waals surface area (Å²) < 4.78 is 13.8. The van der Waals surface area contributed by atoms with Crippen molar-refractivity contribution < 1.29 is 4.21 Å². The molecule has 0 aromatic carbocycles. The van der Waals surface area contributed by atoms with Crippen LogP contribution < -0.4 is 4.72 Å². The number of hydrogen-bond acceptors (Lipinski definition) is 2. The lowest BCUT2D eigenvalue weighted by atomic mass is 9.84. The molecule has 0 spiro atoms. The number of nitriles is 1. The van der Waals surface area contributed by atoms with Gasteiger partial charge in [-0.15, -0.1) is 0 Å². The second kappa shape index (κ2) is 4.01. The molecule has 0 aliphatic heterocycles. The van der Waals surface area contributed by atoms with Crippen LogP contribution in [0, 0.1) is 11.3 Å². The summed E-state index contributed by atoms with van der Waals surface area (Å²) in [6.07, 6.45) is 6.58. The number of hydrogen-bond donors (Lipinski definition) is 1. The highest BCUT2D eigenvalue weighted by atomic mass is 32.2. The first kappa shape index (κ1) is 9.69. The van der Waals surface area contributed by atoms with E-state index in [1.54, 1.807) is 6.26 Å². The Morgan fingerprint density at radius 1 is 1.42 bits per heavy atom. The summed E-state index contributed by atoms with van der Waals surface area (Å²) in [5.41, 5.74) is -0.502. The van der Waals surface area contributed by atoms with E-state index in [1.807, 2.05) is 0 Å². The van der Waals surface area contributed by atoms with Crippen LogP contribution in [0.2, 0.25) is 0 Å². The molecule has 0 aromatic rings. The van der Waals surface area contributed by atoms with Gasteiger partial charge >= 0.3 is 0 Å². The zero-order valence-corrected chi connectivity index (χ0v) is 8.12. The van der Waals surface area contributed by atoms with E-state index in [4.69, 9.17) is 5.26 Å². The van der Waals surface area contributed by atoms with Gasteiger partial charge in [0.1, 0.15) is 5.54 Å². The Morgan fingerprint density at radius 3 is 2.42 bits per heavy atom. The quantitative estimate of drug-likeness (QED) is 0.702. The molecule has 1 N–H and O–H groups in total. The molecule has 4 heteroatoms. The minimum absolute atomic E-state index is 0.502. The van der Waals surface area contributed by atoms with E-state index in [-0.39, 0.29) is 0 Å². The second-order valence-electron chi connectivity index (χ2n) is 3.31. The van der Waals surface area contributed by atoms with Crippen molar-refractivity contribution in [2.45, 2.75) is 37.6 Å². The first-order valence-electron chi connectivity index (χ1n) is 4.21. The highest BCUT2D eigenvalue weighted by molar-refractivity contribution is 7.82. The Bertz CT molecular complexity index is 216. The lowest BCUT2D eigenvalue weighted by Gasteiger charge is -2.30. The van der Waals surface area contributed by atoms with E-state index in [2.05, 4.69) is 10.8 Å². The van der Waals surface area contributed by atoms with Crippen molar-refractivity contribution >= 4 is 11.0 Å². The van der Waals surface area contributed by atoms with Gasteiger partial charge < -0.3 is 0 Å². The molecule has 12 heavy (non-hydrogen) atoms. The van der Waals surface area contributed by atoms with Crippen molar-refractivity contribution in [2.24, 2.45) is 0 Å². The highest BCUT2D eigenvalue weighted by Gasteiger charge is 2.32. The fourth-order valence-electron chi connectivity index (χ4n) is 1.67. The molecule has 1 saturated carbocycles. The summed E-state index contributed by atoms with van der Waals surface area (Å²) >= 11 is 0. The molecular weight excluding hydrogens is 172 g/mol. The predicted octanol–water partition coefficient (Wildman–Crippen LogP) is 1.10. The molecular formula is C8H14N2OS. The van der Waals surface area contributed by atoms with Gasteiger partial charge in [0.2, 0.25) is 0 Å². The van der Waals surface area contributed by atoms with Crippen LogP contribution in [0.1, 0.15) is 32.1 Å². The Kier molecular flexibility index (Phi) is 3.24. The Hall–Kier alpha value is -0.400. The summed E-state index contributed by atoms with van der Waals surface area (Å²) in [6.45, 7) is 0. The summed E-state index contributed by atoms with van der Waals surface area (Å²) in [6, 6.07) is 2.24. The molecule has 1 aliphatic carbocycles. The van der Waals surface area contributed by atoms with Gasteiger partial charge in [-0.2, -0.15) is 5.26 Å². The fourth-order valence-corrected chi connectivity index (χ4v) is 2.47. The molecule has 3 nitrogen and oxygen atoms in total. The third kappa shape index (κ3) is 2.29. The summed E-state index contributed by atoms with van der Waals surface area (Å²) in [5.74, 6) is 0. The average molecular weight is 186 g/mol. The minimum atomic E-state index is -1.07. The fraction of sp³-hybridized carbons (Fsp3) is 0.875. The maximum Gasteiger partial charge on any atom is 0.117 e. The van der Waals surface area contributed by atoms with E-state index in [1.165, 1.54) is 6.42 Å². The van der Waals surface area contributed by atoms with Crippen molar-refractivity contribution in [3.8, 4) is 6.07 Å². The summed E-state index contributed by atoms with van der Waals surface area (Å²) in [5, 5.41) is 8.94. The van der Waals surface area contributed by atoms with Crippen molar-refractivity contribution in [3.63, 3.8) is 0 Å². The second-order valence-corrected chi connectivity index (χ2v) is 4.42. The highest BCUT2D eigenvalue weighted by Crippen LogP contribution is 2.27. The van der Waals surface area contributed by atoms with Crippen LogP contribution in [-0.2, 0) is 11.0 Å². The zero-order valence-electron chi connectivity index (χ0n) is 7.30. The third-order valence-electron chi connectivity index (χ3n) is 2.26. The van der Waals surface area contributed by atoms with Gasteiger partial charge in [0.25, 0.3) is 0 Å². The van der Waals surface area contributed by atoms with Crippen LogP contribution in [-0.4, -0.2) is 16.0 Å². The number of nitrogens with zero attached hydrogens (tertiary/aromatic N) is 1. The Labute approximate surface area is 75.7 Å². The van der Waals surface area contributed by atoms with Gasteiger partial charge in [0.15, 0.2) is 0 Å². The van der Waals surface area contributed by atoms with Crippen molar-refractivity contribution in [1.29, 1.82) is 5.26 Å². The molecule has 0 heterocycles.